The van der Waals surface area contributed by atoms with Crippen molar-refractivity contribution in [2.75, 3.05) is 6.61 Å². The van der Waals surface area contributed by atoms with E-state index in [1.807, 2.05) is 4.98 Å². The number of oxime groups is 1. The first kappa shape index (κ1) is 12.0. The van der Waals surface area contributed by atoms with Gasteiger partial charge < -0.3 is 9.94 Å². The molecule has 0 saturated carbocycles. The van der Waals surface area contributed by atoms with E-state index in [1.54, 1.807) is 13.8 Å². The zero-order valence-electron chi connectivity index (χ0n) is 9.03. The third-order valence-corrected chi connectivity index (χ3v) is 1.85. The lowest BCUT2D eigenvalue weighted by Crippen LogP contribution is -2.27. The van der Waals surface area contributed by atoms with Crippen LogP contribution < -0.4 is 11.2 Å². The third kappa shape index (κ3) is 2.50. The molecule has 0 aliphatic rings. The van der Waals surface area contributed by atoms with Crippen molar-refractivity contribution in [3.8, 4) is 5.88 Å². The largest absolute Gasteiger partial charge is 0.494 e. The molecule has 0 aliphatic heterocycles. The summed E-state index contributed by atoms with van der Waals surface area (Å²) in [6.07, 6.45) is 0.392. The molecule has 0 atom stereocenters. The lowest BCUT2D eigenvalue weighted by Gasteiger charge is -2.04. The molecule has 0 bridgehead atoms. The minimum absolute atomic E-state index is 0.0736. The number of aromatic hydroxyl groups is 1. The third-order valence-electron chi connectivity index (χ3n) is 1.85. The van der Waals surface area contributed by atoms with Crippen LogP contribution in [0.25, 0.3) is 0 Å². The summed E-state index contributed by atoms with van der Waals surface area (Å²) in [5.41, 5.74) is -1.26. The Bertz CT molecular complexity index is 500. The summed E-state index contributed by atoms with van der Waals surface area (Å²) in [6, 6.07) is 0. The number of aromatic amines is 2. The number of rotatable bonds is 4. The Morgan fingerprint density at radius 3 is 2.56 bits per heavy atom. The van der Waals surface area contributed by atoms with E-state index in [0.717, 1.165) is 0 Å². The molecule has 1 heterocycles. The van der Waals surface area contributed by atoms with Crippen molar-refractivity contribution in [3.63, 3.8) is 0 Å². The quantitative estimate of drug-likeness (QED) is 0.493. The van der Waals surface area contributed by atoms with Gasteiger partial charge in [0, 0.05) is 0 Å². The average molecular weight is 227 g/mol. The summed E-state index contributed by atoms with van der Waals surface area (Å²) in [5, 5.41) is 13.2. The highest BCUT2D eigenvalue weighted by Gasteiger charge is 2.14. The van der Waals surface area contributed by atoms with E-state index in [2.05, 4.69) is 10.1 Å². The predicted octanol–water partition coefficient (Wildman–Crippen LogP) is -0.0806. The molecule has 0 spiro atoms. The molecule has 0 radical (unpaired) electrons. The predicted molar refractivity (Wildman–Crippen MR) is 57.8 cm³/mol. The van der Waals surface area contributed by atoms with Gasteiger partial charge >= 0.3 is 5.69 Å². The van der Waals surface area contributed by atoms with Crippen molar-refractivity contribution in [2.24, 2.45) is 5.16 Å². The van der Waals surface area contributed by atoms with Crippen molar-refractivity contribution in [1.29, 1.82) is 0 Å². The van der Waals surface area contributed by atoms with Gasteiger partial charge in [-0.25, -0.2) is 4.79 Å². The minimum Gasteiger partial charge on any atom is -0.494 e. The van der Waals surface area contributed by atoms with Gasteiger partial charge in [0.25, 0.3) is 5.56 Å². The van der Waals surface area contributed by atoms with Crippen molar-refractivity contribution in [3.05, 3.63) is 26.4 Å². The zero-order chi connectivity index (χ0) is 12.1. The molecule has 1 aromatic rings. The van der Waals surface area contributed by atoms with Gasteiger partial charge in [-0.1, -0.05) is 12.1 Å². The smallest absolute Gasteiger partial charge is 0.328 e. The zero-order valence-corrected chi connectivity index (χ0v) is 9.03. The molecule has 0 fully saturated rings. The maximum absolute atomic E-state index is 11.5. The molecule has 0 aromatic carbocycles. The van der Waals surface area contributed by atoms with Crippen LogP contribution in [0.5, 0.6) is 5.88 Å². The molecule has 1 rings (SSSR count). The van der Waals surface area contributed by atoms with Gasteiger partial charge in [0.1, 0.15) is 12.2 Å². The van der Waals surface area contributed by atoms with E-state index < -0.39 is 17.1 Å². The summed E-state index contributed by atoms with van der Waals surface area (Å²) >= 11 is 0. The fourth-order valence-electron chi connectivity index (χ4n) is 1.17. The van der Waals surface area contributed by atoms with E-state index in [4.69, 9.17) is 4.84 Å². The van der Waals surface area contributed by atoms with Gasteiger partial charge in [-0.2, -0.15) is 0 Å². The fourth-order valence-corrected chi connectivity index (χ4v) is 1.17. The van der Waals surface area contributed by atoms with Gasteiger partial charge in [0.05, 0.1) is 5.71 Å². The van der Waals surface area contributed by atoms with Gasteiger partial charge in [-0.3, -0.25) is 14.8 Å². The Morgan fingerprint density at radius 1 is 1.38 bits per heavy atom. The second kappa shape index (κ2) is 5.15. The van der Waals surface area contributed by atoms with Crippen LogP contribution >= 0.6 is 0 Å². The first-order chi connectivity index (χ1) is 7.60. The first-order valence-corrected chi connectivity index (χ1v) is 4.84. The topological polar surface area (TPSA) is 108 Å². The SMILES string of the molecule is CCON=C(CC)c1c(O)[nH]c(=O)[nH]c1=O. The van der Waals surface area contributed by atoms with Crippen molar-refractivity contribution in [2.45, 2.75) is 20.3 Å². The van der Waals surface area contributed by atoms with Crippen LogP contribution in [0.15, 0.2) is 14.7 Å². The molecule has 88 valence electrons. The maximum Gasteiger partial charge on any atom is 0.328 e. The fraction of sp³-hybridized carbons (Fsp3) is 0.444. The van der Waals surface area contributed by atoms with Crippen molar-refractivity contribution < 1.29 is 9.94 Å². The highest BCUT2D eigenvalue weighted by Crippen LogP contribution is 2.09. The van der Waals surface area contributed by atoms with E-state index in [9.17, 15) is 14.7 Å². The number of H-pyrrole nitrogens is 2. The standard InChI is InChI=1S/C9H13N3O4/c1-3-5(12-16-4-2)6-7(13)10-9(15)11-8(6)14/h3-4H2,1-2H3,(H3,10,11,13,14,15). The normalized spacial score (nSPS) is 11.5. The number of nitrogens with one attached hydrogen (secondary N) is 2. The van der Waals surface area contributed by atoms with Gasteiger partial charge in [0.2, 0.25) is 5.88 Å². The highest BCUT2D eigenvalue weighted by atomic mass is 16.6. The Kier molecular flexibility index (Phi) is 3.87. The van der Waals surface area contributed by atoms with E-state index in [-0.39, 0.29) is 11.3 Å². The molecular weight excluding hydrogens is 214 g/mol. The summed E-state index contributed by atoms with van der Waals surface area (Å²) in [7, 11) is 0. The van der Waals surface area contributed by atoms with Crippen LogP contribution in [0, 0.1) is 0 Å². The molecule has 0 amide bonds. The van der Waals surface area contributed by atoms with Crippen molar-refractivity contribution in [1.82, 2.24) is 9.97 Å². The molecule has 7 nitrogen and oxygen atoms in total. The van der Waals surface area contributed by atoms with Crippen LogP contribution in [0.2, 0.25) is 0 Å². The number of aromatic nitrogens is 2. The van der Waals surface area contributed by atoms with Crippen molar-refractivity contribution >= 4 is 5.71 Å². The van der Waals surface area contributed by atoms with E-state index in [1.165, 1.54) is 0 Å². The monoisotopic (exact) mass is 227 g/mol. The second-order valence-electron chi connectivity index (χ2n) is 2.94. The lowest BCUT2D eigenvalue weighted by atomic mass is 10.1. The molecular formula is C9H13N3O4. The Balaban J connectivity index is 3.31. The number of hydrogen-bond acceptors (Lipinski definition) is 5. The van der Waals surface area contributed by atoms with Gasteiger partial charge in [-0.05, 0) is 13.3 Å². The Hall–Kier alpha value is -2.05. The molecule has 7 heteroatoms. The maximum atomic E-state index is 11.5. The molecule has 0 aliphatic carbocycles. The number of hydrogen-bond donors (Lipinski definition) is 3. The molecule has 0 saturated heterocycles. The molecule has 1 aromatic heterocycles. The number of nitrogens with zero attached hydrogens (tertiary/aromatic N) is 1. The average Bonchev–Trinajstić information content (AvgIpc) is 2.21. The first-order valence-electron chi connectivity index (χ1n) is 4.84. The van der Waals surface area contributed by atoms with Crippen LogP contribution in [-0.4, -0.2) is 27.4 Å². The summed E-state index contributed by atoms with van der Waals surface area (Å²) in [4.78, 5) is 31.2. The summed E-state index contributed by atoms with van der Waals surface area (Å²) < 4.78 is 0. The minimum atomic E-state index is -0.766. The summed E-state index contributed by atoms with van der Waals surface area (Å²) in [5.74, 6) is -0.506. The van der Waals surface area contributed by atoms with E-state index in [0.29, 0.717) is 13.0 Å². The molecule has 16 heavy (non-hydrogen) atoms. The van der Waals surface area contributed by atoms with Crippen LogP contribution in [0.3, 0.4) is 0 Å². The van der Waals surface area contributed by atoms with Crippen LogP contribution in [-0.2, 0) is 4.84 Å². The second-order valence-corrected chi connectivity index (χ2v) is 2.94. The lowest BCUT2D eigenvalue weighted by molar-refractivity contribution is 0.158. The van der Waals surface area contributed by atoms with Crippen LogP contribution in [0.1, 0.15) is 25.8 Å². The summed E-state index contributed by atoms with van der Waals surface area (Å²) in [6.45, 7) is 3.85. The van der Waals surface area contributed by atoms with Crippen LogP contribution in [0.4, 0.5) is 0 Å². The molecule has 3 N–H and O–H groups in total. The van der Waals surface area contributed by atoms with Gasteiger partial charge in [-0.15, -0.1) is 0 Å². The van der Waals surface area contributed by atoms with E-state index >= 15 is 0 Å². The Morgan fingerprint density at radius 2 is 2.06 bits per heavy atom. The Labute approximate surface area is 90.8 Å². The molecule has 0 unspecified atom stereocenters. The highest BCUT2D eigenvalue weighted by molar-refractivity contribution is 6.01. The van der Waals surface area contributed by atoms with Gasteiger partial charge in [0.15, 0.2) is 0 Å².